The monoisotopic (exact) mass is 458 g/mol. The zero-order chi connectivity index (χ0) is 21.0. The second kappa shape index (κ2) is 9.43. The molecule has 156 valence electrons. The Morgan fingerprint density at radius 1 is 1.10 bits per heavy atom. The highest BCUT2D eigenvalue weighted by Crippen LogP contribution is 2.24. The summed E-state index contributed by atoms with van der Waals surface area (Å²) in [6, 6.07) is 10.0. The molecule has 2 aromatic rings. The van der Waals surface area contributed by atoms with Crippen LogP contribution in [-0.2, 0) is 21.2 Å². The van der Waals surface area contributed by atoms with Gasteiger partial charge in [-0.05, 0) is 61.2 Å². The number of halogens is 3. The molecule has 0 unspecified atom stereocenters. The van der Waals surface area contributed by atoms with Gasteiger partial charge in [0.25, 0.3) is 0 Å². The highest BCUT2D eigenvalue weighted by atomic mass is 35.5. The van der Waals surface area contributed by atoms with Gasteiger partial charge in [-0.25, -0.2) is 12.8 Å². The molecule has 9 heteroatoms. The van der Waals surface area contributed by atoms with Crippen molar-refractivity contribution >= 4 is 39.1 Å². The number of carbonyl (C=O) groups is 1. The van der Waals surface area contributed by atoms with E-state index in [2.05, 4.69) is 5.32 Å². The lowest BCUT2D eigenvalue weighted by molar-refractivity contribution is -0.126. The lowest BCUT2D eigenvalue weighted by atomic mass is 9.97. The minimum Gasteiger partial charge on any atom is -0.356 e. The van der Waals surface area contributed by atoms with Crippen molar-refractivity contribution in [1.29, 1.82) is 0 Å². The number of hydrogen-bond acceptors (Lipinski definition) is 3. The van der Waals surface area contributed by atoms with Crippen molar-refractivity contribution in [1.82, 2.24) is 9.62 Å². The first-order valence-electron chi connectivity index (χ1n) is 9.25. The van der Waals surface area contributed by atoms with Crippen LogP contribution in [0.1, 0.15) is 18.4 Å². The van der Waals surface area contributed by atoms with Crippen LogP contribution in [0.2, 0.25) is 10.0 Å². The maximum Gasteiger partial charge on any atom is 0.243 e. The van der Waals surface area contributed by atoms with Crippen molar-refractivity contribution < 1.29 is 17.6 Å². The molecule has 3 rings (SSSR count). The van der Waals surface area contributed by atoms with E-state index >= 15 is 0 Å². The van der Waals surface area contributed by atoms with Gasteiger partial charge < -0.3 is 5.32 Å². The predicted molar refractivity (Wildman–Crippen MR) is 111 cm³/mol. The van der Waals surface area contributed by atoms with Crippen LogP contribution in [0.5, 0.6) is 0 Å². The van der Waals surface area contributed by atoms with E-state index in [1.165, 1.54) is 16.4 Å². The normalized spacial score (nSPS) is 16.0. The molecular formula is C20H21Cl2FN2O3S. The molecule has 1 heterocycles. The second-order valence-corrected chi connectivity index (χ2v) is 9.69. The maximum absolute atomic E-state index is 13.0. The van der Waals surface area contributed by atoms with Crippen molar-refractivity contribution in [2.24, 2.45) is 5.92 Å². The molecule has 1 aliphatic heterocycles. The SMILES string of the molecule is O=C(NCCc1ccc(Cl)cc1Cl)C1CCN(S(=O)(=O)c2ccc(F)cc2)CC1. The Kier molecular flexibility index (Phi) is 7.16. The predicted octanol–water partition coefficient (Wildman–Crippen LogP) is 3.89. The third kappa shape index (κ3) is 5.48. The fourth-order valence-corrected chi connectivity index (χ4v) is 5.28. The van der Waals surface area contributed by atoms with Gasteiger partial charge >= 0.3 is 0 Å². The molecule has 1 fully saturated rings. The summed E-state index contributed by atoms with van der Waals surface area (Å²) in [6.45, 7) is 0.940. The maximum atomic E-state index is 13.0. The molecule has 2 aromatic carbocycles. The van der Waals surface area contributed by atoms with Crippen LogP contribution in [0.25, 0.3) is 0 Å². The van der Waals surface area contributed by atoms with Gasteiger partial charge in [-0.1, -0.05) is 29.3 Å². The van der Waals surface area contributed by atoms with E-state index in [1.54, 1.807) is 12.1 Å². The van der Waals surface area contributed by atoms with Gasteiger partial charge in [-0.15, -0.1) is 0 Å². The number of rotatable bonds is 6. The number of amides is 1. The van der Waals surface area contributed by atoms with E-state index in [-0.39, 0.29) is 29.8 Å². The number of nitrogens with zero attached hydrogens (tertiary/aromatic N) is 1. The van der Waals surface area contributed by atoms with E-state index in [0.717, 1.165) is 17.7 Å². The van der Waals surface area contributed by atoms with E-state index < -0.39 is 15.8 Å². The van der Waals surface area contributed by atoms with Crippen LogP contribution in [0.15, 0.2) is 47.4 Å². The quantitative estimate of drug-likeness (QED) is 0.713. The van der Waals surface area contributed by atoms with Gasteiger partial charge in [0, 0.05) is 35.6 Å². The minimum atomic E-state index is -3.68. The largest absolute Gasteiger partial charge is 0.356 e. The first-order chi connectivity index (χ1) is 13.8. The second-order valence-electron chi connectivity index (χ2n) is 6.91. The van der Waals surface area contributed by atoms with Crippen LogP contribution in [0.4, 0.5) is 4.39 Å². The van der Waals surface area contributed by atoms with Crippen LogP contribution in [0.3, 0.4) is 0 Å². The average molecular weight is 459 g/mol. The standard InChI is InChI=1S/C20H21Cl2FN2O3S/c21-16-2-1-14(19(22)13-16)7-10-24-20(26)15-8-11-25(12-9-15)29(27,28)18-5-3-17(23)4-6-18/h1-6,13,15H,7-12H2,(H,24,26). The zero-order valence-corrected chi connectivity index (χ0v) is 17.9. The number of hydrogen-bond donors (Lipinski definition) is 1. The molecule has 0 aromatic heterocycles. The summed E-state index contributed by atoms with van der Waals surface area (Å²) >= 11 is 12.0. The van der Waals surface area contributed by atoms with Gasteiger partial charge in [-0.2, -0.15) is 4.31 Å². The van der Waals surface area contributed by atoms with Crippen LogP contribution < -0.4 is 5.32 Å². The van der Waals surface area contributed by atoms with E-state index in [4.69, 9.17) is 23.2 Å². The topological polar surface area (TPSA) is 66.5 Å². The van der Waals surface area contributed by atoms with Gasteiger partial charge in [0.1, 0.15) is 5.82 Å². The van der Waals surface area contributed by atoms with E-state index in [1.807, 2.05) is 6.07 Å². The molecule has 1 N–H and O–H groups in total. The molecule has 0 saturated carbocycles. The van der Waals surface area contributed by atoms with Crippen molar-refractivity contribution in [2.45, 2.75) is 24.2 Å². The van der Waals surface area contributed by atoms with Gasteiger partial charge in [0.2, 0.25) is 15.9 Å². The molecule has 0 radical (unpaired) electrons. The lowest BCUT2D eigenvalue weighted by Crippen LogP contribution is -2.43. The van der Waals surface area contributed by atoms with E-state index in [9.17, 15) is 17.6 Å². The summed E-state index contributed by atoms with van der Waals surface area (Å²) in [6.07, 6.45) is 1.46. The number of nitrogens with one attached hydrogen (secondary N) is 1. The molecule has 0 bridgehead atoms. The fraction of sp³-hybridized carbons (Fsp3) is 0.350. The summed E-state index contributed by atoms with van der Waals surface area (Å²) in [7, 11) is -3.68. The molecular weight excluding hydrogens is 438 g/mol. The number of piperidine rings is 1. The number of sulfonamides is 1. The molecule has 1 aliphatic rings. The average Bonchev–Trinajstić information content (AvgIpc) is 2.70. The zero-order valence-electron chi connectivity index (χ0n) is 15.6. The Balaban J connectivity index is 1.49. The van der Waals surface area contributed by atoms with Crippen LogP contribution in [-0.4, -0.2) is 38.3 Å². The summed E-state index contributed by atoms with van der Waals surface area (Å²) < 4.78 is 39.7. The lowest BCUT2D eigenvalue weighted by Gasteiger charge is -2.30. The Labute approximate surface area is 179 Å². The van der Waals surface area contributed by atoms with Gasteiger partial charge in [-0.3, -0.25) is 4.79 Å². The summed E-state index contributed by atoms with van der Waals surface area (Å²) in [5.74, 6) is -0.816. The van der Waals surface area contributed by atoms with E-state index in [0.29, 0.717) is 35.9 Å². The Bertz CT molecular complexity index is 976. The third-order valence-corrected chi connectivity index (χ3v) is 7.48. The number of benzene rings is 2. The first-order valence-corrected chi connectivity index (χ1v) is 11.4. The minimum absolute atomic E-state index is 0.0571. The Hall–Kier alpha value is -1.67. The smallest absolute Gasteiger partial charge is 0.243 e. The number of carbonyl (C=O) groups excluding carboxylic acids is 1. The molecule has 5 nitrogen and oxygen atoms in total. The highest BCUT2D eigenvalue weighted by molar-refractivity contribution is 7.89. The summed E-state index contributed by atoms with van der Waals surface area (Å²) in [5.41, 5.74) is 0.900. The van der Waals surface area contributed by atoms with Crippen molar-refractivity contribution in [2.75, 3.05) is 19.6 Å². The molecule has 1 saturated heterocycles. The fourth-order valence-electron chi connectivity index (χ4n) is 3.30. The summed E-state index contributed by atoms with van der Waals surface area (Å²) in [4.78, 5) is 12.5. The molecule has 0 spiro atoms. The van der Waals surface area contributed by atoms with Gasteiger partial charge in [0.05, 0.1) is 4.90 Å². The summed E-state index contributed by atoms with van der Waals surface area (Å²) in [5, 5.41) is 4.02. The Morgan fingerprint density at radius 2 is 1.76 bits per heavy atom. The third-order valence-electron chi connectivity index (χ3n) is 4.98. The first kappa shape index (κ1) is 22.0. The van der Waals surface area contributed by atoms with Crippen molar-refractivity contribution in [3.63, 3.8) is 0 Å². The van der Waals surface area contributed by atoms with Crippen molar-refractivity contribution in [3.8, 4) is 0 Å². The van der Waals surface area contributed by atoms with Crippen molar-refractivity contribution in [3.05, 3.63) is 63.9 Å². The molecule has 1 amide bonds. The molecule has 0 aliphatic carbocycles. The highest BCUT2D eigenvalue weighted by Gasteiger charge is 2.32. The van der Waals surface area contributed by atoms with Crippen LogP contribution in [0, 0.1) is 11.7 Å². The molecule has 0 atom stereocenters. The molecule has 29 heavy (non-hydrogen) atoms. The van der Waals surface area contributed by atoms with Gasteiger partial charge in [0.15, 0.2) is 0 Å². The van der Waals surface area contributed by atoms with Crippen LogP contribution >= 0.6 is 23.2 Å². The Morgan fingerprint density at radius 3 is 2.38 bits per heavy atom.